The van der Waals surface area contributed by atoms with Gasteiger partial charge in [0.2, 0.25) is 0 Å². The van der Waals surface area contributed by atoms with Gasteiger partial charge in [-0.15, -0.1) is 0 Å². The first-order chi connectivity index (χ1) is 10.5. The van der Waals surface area contributed by atoms with E-state index in [1.807, 2.05) is 18.2 Å². The van der Waals surface area contributed by atoms with Crippen LogP contribution in [0.5, 0.6) is 0 Å². The molecule has 0 amide bonds. The number of para-hydroxylation sites is 1. The van der Waals surface area contributed by atoms with Crippen LogP contribution < -0.4 is 10.6 Å². The fourth-order valence-electron chi connectivity index (χ4n) is 2.67. The predicted octanol–water partition coefficient (Wildman–Crippen LogP) is 2.64. The van der Waals surface area contributed by atoms with Crippen LogP contribution in [0.4, 0.5) is 5.69 Å². The Morgan fingerprint density at radius 1 is 1.41 bits per heavy atom. The molecule has 1 heterocycles. The molecule has 1 fully saturated rings. The molecule has 1 aliphatic heterocycles. The first kappa shape index (κ1) is 17.2. The van der Waals surface area contributed by atoms with E-state index in [-0.39, 0.29) is 6.10 Å². The number of ether oxygens (including phenoxy) is 1. The van der Waals surface area contributed by atoms with Gasteiger partial charge in [-0.3, -0.25) is 4.90 Å². The topological polar surface area (TPSA) is 36.5 Å². The molecule has 0 saturated carbocycles. The minimum atomic E-state index is 0.198. The quantitative estimate of drug-likeness (QED) is 0.816. The van der Waals surface area contributed by atoms with Gasteiger partial charge >= 0.3 is 0 Å². The Bertz CT molecular complexity index is 493. The van der Waals surface area contributed by atoms with Crippen molar-refractivity contribution in [3.05, 3.63) is 29.8 Å². The molecule has 0 bridgehead atoms. The van der Waals surface area contributed by atoms with E-state index in [0.717, 1.165) is 38.5 Å². The van der Waals surface area contributed by atoms with E-state index in [0.29, 0.717) is 11.0 Å². The summed E-state index contributed by atoms with van der Waals surface area (Å²) in [5.41, 5.74) is 2.23. The van der Waals surface area contributed by atoms with E-state index < -0.39 is 0 Å². The van der Waals surface area contributed by atoms with Crippen molar-refractivity contribution in [2.24, 2.45) is 5.92 Å². The lowest BCUT2D eigenvalue weighted by Gasteiger charge is -2.34. The van der Waals surface area contributed by atoms with Crippen molar-refractivity contribution in [2.75, 3.05) is 38.1 Å². The lowest BCUT2D eigenvalue weighted by atomic mass is 10.2. The number of hydrogen-bond acceptors (Lipinski definition) is 3. The third-order valence-electron chi connectivity index (χ3n) is 3.73. The standard InChI is InChI=1S/C17H27N3OS/c1-13(2)11-20-8-9-21-15(12-20)10-18-17(22)19-16-7-5-4-6-14(16)3/h4-7,13,15H,8-12H2,1-3H3,(H2,18,19,22)/t15-/m1/s1. The summed E-state index contributed by atoms with van der Waals surface area (Å²) < 4.78 is 5.82. The molecule has 22 heavy (non-hydrogen) atoms. The van der Waals surface area contributed by atoms with E-state index in [9.17, 15) is 0 Å². The van der Waals surface area contributed by atoms with Gasteiger partial charge in [-0.1, -0.05) is 32.0 Å². The SMILES string of the molecule is Cc1ccccc1NC(=S)NC[C@@H]1CN(CC(C)C)CCO1. The smallest absolute Gasteiger partial charge is 0.170 e. The highest BCUT2D eigenvalue weighted by Gasteiger charge is 2.20. The van der Waals surface area contributed by atoms with Crippen LogP contribution in [-0.2, 0) is 4.74 Å². The number of thiocarbonyl (C=S) groups is 1. The molecule has 4 nitrogen and oxygen atoms in total. The summed E-state index contributed by atoms with van der Waals surface area (Å²) in [7, 11) is 0. The summed E-state index contributed by atoms with van der Waals surface area (Å²) in [5, 5.41) is 7.17. The van der Waals surface area contributed by atoms with Crippen LogP contribution in [-0.4, -0.2) is 48.9 Å². The summed E-state index contributed by atoms with van der Waals surface area (Å²) in [6.07, 6.45) is 0.198. The number of rotatable bonds is 5. The van der Waals surface area contributed by atoms with Gasteiger partial charge in [0.15, 0.2) is 5.11 Å². The number of benzene rings is 1. The molecule has 2 N–H and O–H groups in total. The first-order valence-corrected chi connectivity index (χ1v) is 8.40. The minimum absolute atomic E-state index is 0.198. The summed E-state index contributed by atoms with van der Waals surface area (Å²) in [4.78, 5) is 2.47. The Morgan fingerprint density at radius 2 is 2.18 bits per heavy atom. The average Bonchev–Trinajstić information content (AvgIpc) is 2.47. The Balaban J connectivity index is 1.75. The Morgan fingerprint density at radius 3 is 2.91 bits per heavy atom. The van der Waals surface area contributed by atoms with Crippen molar-refractivity contribution in [3.8, 4) is 0 Å². The molecule has 0 spiro atoms. The van der Waals surface area contributed by atoms with Crippen molar-refractivity contribution in [1.29, 1.82) is 0 Å². The zero-order valence-corrected chi connectivity index (χ0v) is 14.6. The zero-order chi connectivity index (χ0) is 15.9. The van der Waals surface area contributed by atoms with E-state index in [1.165, 1.54) is 5.56 Å². The van der Waals surface area contributed by atoms with E-state index in [4.69, 9.17) is 17.0 Å². The summed E-state index contributed by atoms with van der Waals surface area (Å²) in [5.74, 6) is 0.690. The van der Waals surface area contributed by atoms with Crippen molar-refractivity contribution < 1.29 is 4.74 Å². The molecule has 1 atom stereocenters. The molecule has 0 aliphatic carbocycles. The lowest BCUT2D eigenvalue weighted by Crippen LogP contribution is -2.48. The number of morpholine rings is 1. The highest BCUT2D eigenvalue weighted by Crippen LogP contribution is 2.13. The maximum absolute atomic E-state index is 5.82. The second-order valence-corrected chi connectivity index (χ2v) is 6.70. The minimum Gasteiger partial charge on any atom is -0.374 e. The molecule has 122 valence electrons. The molecule has 5 heteroatoms. The molecule has 1 saturated heterocycles. The van der Waals surface area contributed by atoms with Gasteiger partial charge in [0, 0.05) is 31.9 Å². The van der Waals surface area contributed by atoms with Crippen LogP contribution >= 0.6 is 12.2 Å². The normalized spacial score (nSPS) is 19.2. The molecule has 0 aromatic heterocycles. The van der Waals surface area contributed by atoms with Crippen LogP contribution in [0.2, 0.25) is 0 Å². The molecular weight excluding hydrogens is 294 g/mol. The molecule has 0 radical (unpaired) electrons. The van der Waals surface area contributed by atoms with Crippen LogP contribution in [0.3, 0.4) is 0 Å². The second-order valence-electron chi connectivity index (χ2n) is 6.30. The maximum atomic E-state index is 5.82. The van der Waals surface area contributed by atoms with Gasteiger partial charge < -0.3 is 15.4 Å². The molecular formula is C17H27N3OS. The van der Waals surface area contributed by atoms with Crippen molar-refractivity contribution >= 4 is 23.0 Å². The van der Waals surface area contributed by atoms with E-state index in [1.54, 1.807) is 0 Å². The fraction of sp³-hybridized carbons (Fsp3) is 0.588. The van der Waals surface area contributed by atoms with Gasteiger partial charge in [0.1, 0.15) is 0 Å². The zero-order valence-electron chi connectivity index (χ0n) is 13.8. The van der Waals surface area contributed by atoms with Crippen LogP contribution in [0.1, 0.15) is 19.4 Å². The summed E-state index contributed by atoms with van der Waals surface area (Å²) in [6, 6.07) is 8.13. The van der Waals surface area contributed by atoms with E-state index >= 15 is 0 Å². The highest BCUT2D eigenvalue weighted by atomic mass is 32.1. The van der Waals surface area contributed by atoms with Crippen LogP contribution in [0.25, 0.3) is 0 Å². The molecule has 1 aliphatic rings. The number of nitrogens with zero attached hydrogens (tertiary/aromatic N) is 1. The van der Waals surface area contributed by atoms with Gasteiger partial charge in [0.05, 0.1) is 12.7 Å². The van der Waals surface area contributed by atoms with Gasteiger partial charge in [-0.2, -0.15) is 0 Å². The fourth-order valence-corrected chi connectivity index (χ4v) is 2.87. The van der Waals surface area contributed by atoms with Gasteiger partial charge in [0.25, 0.3) is 0 Å². The highest BCUT2D eigenvalue weighted by molar-refractivity contribution is 7.80. The number of nitrogens with one attached hydrogen (secondary N) is 2. The van der Waals surface area contributed by atoms with Crippen LogP contribution in [0.15, 0.2) is 24.3 Å². The monoisotopic (exact) mass is 321 g/mol. The molecule has 2 rings (SSSR count). The van der Waals surface area contributed by atoms with E-state index in [2.05, 4.69) is 42.4 Å². The lowest BCUT2D eigenvalue weighted by molar-refractivity contribution is -0.0283. The second kappa shape index (κ2) is 8.46. The summed E-state index contributed by atoms with van der Waals surface area (Å²) >= 11 is 5.37. The van der Waals surface area contributed by atoms with Gasteiger partial charge in [-0.05, 0) is 36.7 Å². The third kappa shape index (κ3) is 5.55. The van der Waals surface area contributed by atoms with Crippen LogP contribution in [0, 0.1) is 12.8 Å². The summed E-state index contributed by atoms with van der Waals surface area (Å²) in [6.45, 7) is 11.3. The number of anilines is 1. The third-order valence-corrected chi connectivity index (χ3v) is 3.98. The molecule has 1 aromatic rings. The van der Waals surface area contributed by atoms with Crippen molar-refractivity contribution in [3.63, 3.8) is 0 Å². The number of hydrogen-bond donors (Lipinski definition) is 2. The maximum Gasteiger partial charge on any atom is 0.170 e. The Labute approximate surface area is 139 Å². The first-order valence-electron chi connectivity index (χ1n) is 7.99. The Hall–Kier alpha value is -1.17. The van der Waals surface area contributed by atoms with Gasteiger partial charge in [-0.25, -0.2) is 0 Å². The molecule has 1 aromatic carbocycles. The number of aryl methyl sites for hydroxylation is 1. The Kier molecular flexibility index (Phi) is 6.61. The van der Waals surface area contributed by atoms with Crippen molar-refractivity contribution in [1.82, 2.24) is 10.2 Å². The average molecular weight is 321 g/mol. The van der Waals surface area contributed by atoms with Crippen molar-refractivity contribution in [2.45, 2.75) is 26.9 Å². The predicted molar refractivity (Wildman–Crippen MR) is 96.4 cm³/mol. The largest absolute Gasteiger partial charge is 0.374 e. The molecule has 0 unspecified atom stereocenters.